The molecule has 0 amide bonds. The number of nitrogens with zero attached hydrogens (tertiary/aromatic N) is 4. The number of methoxy groups -OCH3 is 3. The maximum Gasteiger partial charge on any atom is 0.416 e. The molecule has 0 fully saturated rings. The summed E-state index contributed by atoms with van der Waals surface area (Å²) in [6, 6.07) is 11.6. The van der Waals surface area contributed by atoms with Crippen LogP contribution in [0.1, 0.15) is 5.56 Å². The maximum absolute atomic E-state index is 12.8. The Morgan fingerprint density at radius 1 is 0.774 bits per heavy atom. The maximum atomic E-state index is 12.8. The van der Waals surface area contributed by atoms with Gasteiger partial charge in [0.1, 0.15) is 0 Å². The summed E-state index contributed by atoms with van der Waals surface area (Å²) in [4.78, 5) is 0. The molecule has 0 atom stereocenters. The van der Waals surface area contributed by atoms with Crippen LogP contribution in [-0.4, -0.2) is 41.1 Å². The van der Waals surface area contributed by atoms with Crippen LogP contribution in [0.3, 0.4) is 0 Å². The second kappa shape index (κ2) is 7.78. The van der Waals surface area contributed by atoms with Crippen molar-refractivity contribution in [1.82, 2.24) is 19.8 Å². The summed E-state index contributed by atoms with van der Waals surface area (Å²) in [5, 5.41) is 12.8. The molecule has 0 aliphatic heterocycles. The zero-order valence-electron chi connectivity index (χ0n) is 16.8. The molecule has 0 radical (unpaired) electrons. The van der Waals surface area contributed by atoms with Gasteiger partial charge in [-0.25, -0.2) is 0 Å². The van der Waals surface area contributed by atoms with Crippen LogP contribution in [0.25, 0.3) is 28.3 Å². The largest absolute Gasteiger partial charge is 0.493 e. The van der Waals surface area contributed by atoms with Crippen molar-refractivity contribution >= 4 is 5.65 Å². The number of aromatic nitrogens is 4. The zero-order chi connectivity index (χ0) is 22.2. The zero-order valence-corrected chi connectivity index (χ0v) is 16.8. The van der Waals surface area contributed by atoms with Crippen molar-refractivity contribution in [1.29, 1.82) is 0 Å². The lowest BCUT2D eigenvalue weighted by molar-refractivity contribution is -0.137. The van der Waals surface area contributed by atoms with Gasteiger partial charge in [0.2, 0.25) is 5.75 Å². The summed E-state index contributed by atoms with van der Waals surface area (Å²) in [5.41, 5.74) is 1.35. The number of hydrogen-bond donors (Lipinski definition) is 0. The van der Waals surface area contributed by atoms with Gasteiger partial charge in [-0.15, -0.1) is 10.2 Å². The van der Waals surface area contributed by atoms with Gasteiger partial charge in [-0.05, 0) is 36.4 Å². The minimum atomic E-state index is -4.40. The Bertz CT molecular complexity index is 1210. The Labute approximate surface area is 175 Å². The summed E-state index contributed by atoms with van der Waals surface area (Å²) in [6.07, 6.45) is -4.40. The molecule has 0 unspecified atom stereocenters. The molecule has 0 spiro atoms. The molecular formula is C21H17F3N4O3. The van der Waals surface area contributed by atoms with Crippen LogP contribution in [-0.2, 0) is 6.18 Å². The molecule has 0 aliphatic rings. The van der Waals surface area contributed by atoms with E-state index in [1.165, 1.54) is 38.0 Å². The van der Waals surface area contributed by atoms with E-state index in [0.29, 0.717) is 45.5 Å². The van der Waals surface area contributed by atoms with Crippen LogP contribution < -0.4 is 14.2 Å². The monoisotopic (exact) mass is 430 g/mol. The van der Waals surface area contributed by atoms with E-state index in [2.05, 4.69) is 15.3 Å². The molecule has 2 aromatic carbocycles. The van der Waals surface area contributed by atoms with Crippen molar-refractivity contribution < 1.29 is 27.4 Å². The molecule has 4 rings (SSSR count). The van der Waals surface area contributed by atoms with Crippen LogP contribution in [0, 0.1) is 0 Å². The average molecular weight is 430 g/mol. The number of benzene rings is 2. The normalized spacial score (nSPS) is 11.5. The highest BCUT2D eigenvalue weighted by molar-refractivity contribution is 5.69. The highest BCUT2D eigenvalue weighted by Crippen LogP contribution is 2.41. The van der Waals surface area contributed by atoms with Gasteiger partial charge < -0.3 is 14.2 Å². The first-order valence-corrected chi connectivity index (χ1v) is 9.06. The molecule has 7 nitrogen and oxygen atoms in total. The van der Waals surface area contributed by atoms with Gasteiger partial charge in [-0.3, -0.25) is 0 Å². The van der Waals surface area contributed by atoms with E-state index >= 15 is 0 Å². The molecule has 0 N–H and O–H groups in total. The van der Waals surface area contributed by atoms with Gasteiger partial charge in [0.15, 0.2) is 23.0 Å². The Morgan fingerprint density at radius 2 is 1.42 bits per heavy atom. The minimum absolute atomic E-state index is 0.406. The Kier molecular flexibility index (Phi) is 5.14. The van der Waals surface area contributed by atoms with Gasteiger partial charge >= 0.3 is 6.18 Å². The molecule has 0 bridgehead atoms. The molecule has 4 aromatic rings. The molecule has 0 saturated carbocycles. The second-order valence-corrected chi connectivity index (χ2v) is 6.50. The van der Waals surface area contributed by atoms with Crippen LogP contribution in [0.2, 0.25) is 0 Å². The first-order chi connectivity index (χ1) is 14.9. The number of halogens is 3. The summed E-state index contributed by atoms with van der Waals surface area (Å²) >= 11 is 0. The predicted octanol–water partition coefficient (Wildman–Crippen LogP) is 4.50. The van der Waals surface area contributed by atoms with Gasteiger partial charge in [-0.1, -0.05) is 12.1 Å². The predicted molar refractivity (Wildman–Crippen MR) is 106 cm³/mol. The van der Waals surface area contributed by atoms with Crippen molar-refractivity contribution in [3.8, 4) is 39.9 Å². The van der Waals surface area contributed by atoms with E-state index in [9.17, 15) is 13.2 Å². The second-order valence-electron chi connectivity index (χ2n) is 6.50. The minimum Gasteiger partial charge on any atom is -0.493 e. The van der Waals surface area contributed by atoms with Crippen molar-refractivity contribution in [2.45, 2.75) is 6.18 Å². The third kappa shape index (κ3) is 3.72. The van der Waals surface area contributed by atoms with Gasteiger partial charge in [-0.2, -0.15) is 22.8 Å². The van der Waals surface area contributed by atoms with Gasteiger partial charge in [0.05, 0.1) is 32.6 Å². The lowest BCUT2D eigenvalue weighted by atomic mass is 10.1. The van der Waals surface area contributed by atoms with Crippen molar-refractivity contribution in [2.24, 2.45) is 0 Å². The fourth-order valence-electron chi connectivity index (χ4n) is 3.16. The van der Waals surface area contributed by atoms with Crippen LogP contribution in [0.5, 0.6) is 17.2 Å². The fourth-order valence-corrected chi connectivity index (χ4v) is 3.16. The van der Waals surface area contributed by atoms with E-state index in [1.54, 1.807) is 24.3 Å². The SMILES string of the molecule is COc1cc(-c2nnc3ccc(-c4ccc(C(F)(F)F)cc4)nn23)cc(OC)c1OC. The number of rotatable bonds is 5. The standard InChI is InChI=1S/C21H17F3N4O3/c1-29-16-10-13(11-17(30-2)19(16)31-3)20-26-25-18-9-8-15(27-28(18)20)12-4-6-14(7-5-12)21(22,23)24/h4-11H,1-3H3. The molecule has 2 aromatic heterocycles. The van der Waals surface area contributed by atoms with Gasteiger partial charge in [0.25, 0.3) is 0 Å². The van der Waals surface area contributed by atoms with E-state index in [4.69, 9.17) is 14.2 Å². The first-order valence-electron chi connectivity index (χ1n) is 9.06. The Hall–Kier alpha value is -3.82. The molecule has 160 valence electrons. The van der Waals surface area contributed by atoms with E-state index < -0.39 is 11.7 Å². The molecule has 0 aliphatic carbocycles. The van der Waals surface area contributed by atoms with E-state index in [1.807, 2.05) is 0 Å². The number of ether oxygens (including phenoxy) is 3. The van der Waals surface area contributed by atoms with Crippen molar-refractivity contribution in [2.75, 3.05) is 21.3 Å². The van der Waals surface area contributed by atoms with E-state index in [-0.39, 0.29) is 0 Å². The quantitative estimate of drug-likeness (QED) is 0.464. The smallest absolute Gasteiger partial charge is 0.416 e. The summed E-state index contributed by atoms with van der Waals surface area (Å²) < 4.78 is 56.1. The first kappa shape index (κ1) is 20.5. The fraction of sp³-hybridized carbons (Fsp3) is 0.190. The molecule has 10 heteroatoms. The Morgan fingerprint density at radius 3 is 1.97 bits per heavy atom. The summed E-state index contributed by atoms with van der Waals surface area (Å²) in [6.45, 7) is 0. The third-order valence-corrected chi connectivity index (χ3v) is 4.69. The Balaban J connectivity index is 1.81. The summed E-state index contributed by atoms with van der Waals surface area (Å²) in [5.74, 6) is 1.71. The van der Waals surface area contributed by atoms with Gasteiger partial charge in [0, 0.05) is 11.1 Å². The number of hydrogen-bond acceptors (Lipinski definition) is 6. The molecule has 0 saturated heterocycles. The van der Waals surface area contributed by atoms with Crippen LogP contribution in [0.15, 0.2) is 48.5 Å². The summed E-state index contributed by atoms with van der Waals surface area (Å²) in [7, 11) is 4.51. The van der Waals surface area contributed by atoms with Crippen molar-refractivity contribution in [3.63, 3.8) is 0 Å². The highest BCUT2D eigenvalue weighted by Gasteiger charge is 2.30. The lowest BCUT2D eigenvalue weighted by Gasteiger charge is -2.13. The molecular weight excluding hydrogens is 413 g/mol. The van der Waals surface area contributed by atoms with Crippen molar-refractivity contribution in [3.05, 3.63) is 54.1 Å². The number of fused-ring (bicyclic) bond motifs is 1. The van der Waals surface area contributed by atoms with Crippen LogP contribution >= 0.6 is 0 Å². The molecule has 2 heterocycles. The average Bonchev–Trinajstić information content (AvgIpc) is 3.20. The topological polar surface area (TPSA) is 70.8 Å². The highest BCUT2D eigenvalue weighted by atomic mass is 19.4. The third-order valence-electron chi connectivity index (χ3n) is 4.69. The van der Waals surface area contributed by atoms with E-state index in [0.717, 1.165) is 12.1 Å². The molecule has 31 heavy (non-hydrogen) atoms. The number of alkyl halides is 3. The van der Waals surface area contributed by atoms with Crippen LogP contribution in [0.4, 0.5) is 13.2 Å². The lowest BCUT2D eigenvalue weighted by Crippen LogP contribution is -2.04.